The number of alkyl halides is 3. The zero-order chi connectivity index (χ0) is 17.6. The van der Waals surface area contributed by atoms with Crippen LogP contribution in [0, 0.1) is 0 Å². The van der Waals surface area contributed by atoms with Crippen molar-refractivity contribution in [2.24, 2.45) is 0 Å². The van der Waals surface area contributed by atoms with Crippen LogP contribution in [0.25, 0.3) is 0 Å². The average Bonchev–Trinajstić information content (AvgIpc) is 2.54. The Morgan fingerprint density at radius 2 is 1.88 bits per heavy atom. The minimum absolute atomic E-state index is 0.0780. The van der Waals surface area contributed by atoms with Crippen molar-refractivity contribution in [1.29, 1.82) is 0 Å². The van der Waals surface area contributed by atoms with E-state index in [0.29, 0.717) is 5.75 Å². The molecule has 0 unspecified atom stereocenters. The fourth-order valence-corrected chi connectivity index (χ4v) is 1.97. The number of nitrogens with one attached hydrogen (secondary N) is 1. The molecule has 0 bridgehead atoms. The molecule has 128 valence electrons. The summed E-state index contributed by atoms with van der Waals surface area (Å²) in [5.74, 6) is -0.550. The molecule has 0 aliphatic carbocycles. The summed E-state index contributed by atoms with van der Waals surface area (Å²) in [6, 6.07) is 12.5. The average molecular weight is 339 g/mol. The minimum Gasteiger partial charge on any atom is -0.484 e. The monoisotopic (exact) mass is 339 g/mol. The number of carbonyl (C=O) groups excluding carboxylic acids is 1. The van der Waals surface area contributed by atoms with E-state index in [1.807, 2.05) is 13.0 Å². The van der Waals surface area contributed by atoms with E-state index < -0.39 is 18.0 Å². The van der Waals surface area contributed by atoms with Gasteiger partial charge < -0.3 is 14.8 Å². The first-order valence-corrected chi connectivity index (χ1v) is 7.24. The first kappa shape index (κ1) is 17.7. The van der Waals surface area contributed by atoms with E-state index in [9.17, 15) is 18.0 Å². The smallest absolute Gasteiger partial charge is 0.484 e. The maximum absolute atomic E-state index is 12.3. The molecule has 0 aliphatic rings. The molecule has 2 aromatic rings. The molecule has 1 amide bonds. The van der Waals surface area contributed by atoms with Crippen LogP contribution in [0.1, 0.15) is 12.5 Å². The maximum Gasteiger partial charge on any atom is 0.573 e. The molecule has 7 heteroatoms. The second kappa shape index (κ2) is 7.72. The van der Waals surface area contributed by atoms with Gasteiger partial charge in [-0.25, -0.2) is 0 Å². The zero-order valence-corrected chi connectivity index (χ0v) is 12.9. The van der Waals surface area contributed by atoms with Gasteiger partial charge in [0.25, 0.3) is 5.91 Å². The summed E-state index contributed by atoms with van der Waals surface area (Å²) in [6.07, 6.45) is -4.01. The van der Waals surface area contributed by atoms with Gasteiger partial charge in [0.2, 0.25) is 0 Å². The van der Waals surface area contributed by atoms with Crippen LogP contribution in [0.2, 0.25) is 0 Å². The molecule has 0 saturated heterocycles. The van der Waals surface area contributed by atoms with Crippen molar-refractivity contribution in [3.8, 4) is 11.5 Å². The number of carbonyl (C=O) groups is 1. The number of hydrogen-bond donors (Lipinski definition) is 1. The predicted molar refractivity (Wildman–Crippen MR) is 83.1 cm³/mol. The fourth-order valence-electron chi connectivity index (χ4n) is 1.97. The van der Waals surface area contributed by atoms with Crippen LogP contribution in [0.15, 0.2) is 48.5 Å². The summed E-state index contributed by atoms with van der Waals surface area (Å²) in [7, 11) is 0. The van der Waals surface area contributed by atoms with Gasteiger partial charge in [-0.1, -0.05) is 31.2 Å². The predicted octanol–water partition coefficient (Wildman–Crippen LogP) is 4.17. The Labute approximate surface area is 137 Å². The molecule has 0 heterocycles. The van der Waals surface area contributed by atoms with Gasteiger partial charge in [0.1, 0.15) is 5.75 Å². The van der Waals surface area contributed by atoms with E-state index in [1.54, 1.807) is 18.2 Å². The molecule has 0 atom stereocenters. The first-order chi connectivity index (χ1) is 11.4. The molecule has 2 aromatic carbocycles. The molecule has 0 spiro atoms. The van der Waals surface area contributed by atoms with Crippen molar-refractivity contribution >= 4 is 11.6 Å². The number of hydrogen-bond acceptors (Lipinski definition) is 3. The Bertz CT molecular complexity index is 701. The molecule has 0 aromatic heterocycles. The number of rotatable bonds is 6. The molecule has 0 fully saturated rings. The lowest BCUT2D eigenvalue weighted by Crippen LogP contribution is -2.22. The Kier molecular flexibility index (Phi) is 5.68. The van der Waals surface area contributed by atoms with Crippen molar-refractivity contribution < 1.29 is 27.4 Å². The molecule has 0 aliphatic heterocycles. The van der Waals surface area contributed by atoms with Crippen molar-refractivity contribution in [1.82, 2.24) is 0 Å². The highest BCUT2D eigenvalue weighted by atomic mass is 19.4. The molecular formula is C17H16F3NO3. The number of para-hydroxylation sites is 2. The van der Waals surface area contributed by atoms with Gasteiger partial charge in [0, 0.05) is 0 Å². The number of benzene rings is 2. The lowest BCUT2D eigenvalue weighted by molar-refractivity contribution is -0.274. The molecular weight excluding hydrogens is 323 g/mol. The third kappa shape index (κ3) is 5.49. The Morgan fingerprint density at radius 1 is 1.12 bits per heavy atom. The standard InChI is InChI=1S/C17H16F3NO3/c1-2-12-6-5-7-13(10-12)23-11-16(22)21-14-8-3-4-9-15(14)24-17(18,19)20/h3-10H,2,11H2,1H3,(H,21,22). The first-order valence-electron chi connectivity index (χ1n) is 7.24. The second-order valence-corrected chi connectivity index (χ2v) is 4.88. The van der Waals surface area contributed by atoms with Gasteiger partial charge in [-0.2, -0.15) is 0 Å². The highest BCUT2D eigenvalue weighted by molar-refractivity contribution is 5.93. The Balaban J connectivity index is 1.97. The fraction of sp³-hybridized carbons (Fsp3) is 0.235. The third-order valence-electron chi connectivity index (χ3n) is 3.06. The van der Waals surface area contributed by atoms with Crippen LogP contribution < -0.4 is 14.8 Å². The van der Waals surface area contributed by atoms with Gasteiger partial charge in [-0.05, 0) is 36.2 Å². The Morgan fingerprint density at radius 3 is 2.58 bits per heavy atom. The van der Waals surface area contributed by atoms with Crippen LogP contribution in [0.5, 0.6) is 11.5 Å². The third-order valence-corrected chi connectivity index (χ3v) is 3.06. The van der Waals surface area contributed by atoms with E-state index >= 15 is 0 Å². The van der Waals surface area contributed by atoms with Gasteiger partial charge in [-0.3, -0.25) is 4.79 Å². The SMILES string of the molecule is CCc1cccc(OCC(=O)Nc2ccccc2OC(F)(F)F)c1. The molecule has 1 N–H and O–H groups in total. The topological polar surface area (TPSA) is 47.6 Å². The number of aryl methyl sites for hydroxylation is 1. The summed E-state index contributed by atoms with van der Waals surface area (Å²) in [4.78, 5) is 11.9. The number of anilines is 1. The minimum atomic E-state index is -4.84. The van der Waals surface area contributed by atoms with Crippen molar-refractivity contribution in [2.45, 2.75) is 19.7 Å². The lowest BCUT2D eigenvalue weighted by Gasteiger charge is -2.14. The van der Waals surface area contributed by atoms with Crippen LogP contribution in [-0.2, 0) is 11.2 Å². The number of ether oxygens (including phenoxy) is 2. The van der Waals surface area contributed by atoms with E-state index in [0.717, 1.165) is 18.1 Å². The van der Waals surface area contributed by atoms with Gasteiger partial charge in [0.05, 0.1) is 5.69 Å². The summed E-state index contributed by atoms with van der Waals surface area (Å²) in [5.41, 5.74) is 0.975. The van der Waals surface area contributed by atoms with Gasteiger partial charge in [-0.15, -0.1) is 13.2 Å². The zero-order valence-electron chi connectivity index (χ0n) is 12.9. The summed E-state index contributed by atoms with van der Waals surface area (Å²) < 4.78 is 46.2. The Hall–Kier alpha value is -2.70. The van der Waals surface area contributed by atoms with Crippen LogP contribution in [-0.4, -0.2) is 18.9 Å². The van der Waals surface area contributed by atoms with E-state index in [-0.39, 0.29) is 12.3 Å². The number of amides is 1. The second-order valence-electron chi connectivity index (χ2n) is 4.88. The van der Waals surface area contributed by atoms with Crippen molar-refractivity contribution in [3.63, 3.8) is 0 Å². The summed E-state index contributed by atoms with van der Waals surface area (Å²) >= 11 is 0. The summed E-state index contributed by atoms with van der Waals surface area (Å²) in [6.45, 7) is 1.66. The normalized spacial score (nSPS) is 11.0. The van der Waals surface area contributed by atoms with E-state index in [1.165, 1.54) is 18.2 Å². The van der Waals surface area contributed by atoms with Crippen LogP contribution >= 0.6 is 0 Å². The number of halogens is 3. The molecule has 4 nitrogen and oxygen atoms in total. The van der Waals surface area contributed by atoms with E-state index in [2.05, 4.69) is 10.1 Å². The molecule has 24 heavy (non-hydrogen) atoms. The molecule has 0 saturated carbocycles. The highest BCUT2D eigenvalue weighted by Gasteiger charge is 2.32. The largest absolute Gasteiger partial charge is 0.573 e. The van der Waals surface area contributed by atoms with Gasteiger partial charge >= 0.3 is 6.36 Å². The lowest BCUT2D eigenvalue weighted by atomic mass is 10.2. The van der Waals surface area contributed by atoms with E-state index in [4.69, 9.17) is 4.74 Å². The quantitative estimate of drug-likeness (QED) is 0.859. The summed E-state index contributed by atoms with van der Waals surface area (Å²) in [5, 5.41) is 2.34. The van der Waals surface area contributed by atoms with Gasteiger partial charge in [0.15, 0.2) is 12.4 Å². The van der Waals surface area contributed by atoms with Crippen LogP contribution in [0.3, 0.4) is 0 Å². The van der Waals surface area contributed by atoms with Crippen molar-refractivity contribution in [3.05, 3.63) is 54.1 Å². The molecule has 0 radical (unpaired) electrons. The van der Waals surface area contributed by atoms with Crippen LogP contribution in [0.4, 0.5) is 18.9 Å². The molecule has 2 rings (SSSR count). The van der Waals surface area contributed by atoms with Crippen molar-refractivity contribution in [2.75, 3.05) is 11.9 Å². The highest BCUT2D eigenvalue weighted by Crippen LogP contribution is 2.29. The maximum atomic E-state index is 12.3.